The molecule has 1 fully saturated rings. The molecule has 0 spiro atoms. The van der Waals surface area contributed by atoms with Crippen molar-refractivity contribution in [1.29, 1.82) is 0 Å². The number of carboxylic acids is 1. The molecule has 1 aliphatic rings. The first-order chi connectivity index (χ1) is 13.4. The van der Waals surface area contributed by atoms with Gasteiger partial charge in [-0.05, 0) is 66.2 Å². The van der Waals surface area contributed by atoms with Gasteiger partial charge in [-0.2, -0.15) is 0 Å². The number of aliphatic imine (C=N–C) groups is 1. The van der Waals surface area contributed by atoms with Crippen LogP contribution in [0.3, 0.4) is 0 Å². The number of thioether (sulfide) groups is 1. The van der Waals surface area contributed by atoms with Gasteiger partial charge in [-0.15, -0.1) is 0 Å². The van der Waals surface area contributed by atoms with Gasteiger partial charge in [0.05, 0.1) is 10.6 Å². The number of carboxylic acid groups (broad SMARTS) is 1. The molecule has 1 saturated heterocycles. The first-order valence-electron chi connectivity index (χ1n) is 8.52. The van der Waals surface area contributed by atoms with Crippen LogP contribution in [-0.2, 0) is 9.59 Å². The fraction of sp³-hybridized carbons (Fsp3) is 0.150. The molecule has 0 aliphatic carbocycles. The minimum atomic E-state index is -1.01. The molecule has 1 amide bonds. The Kier molecular flexibility index (Phi) is 6.00. The lowest BCUT2D eigenvalue weighted by Crippen LogP contribution is -2.25. The van der Waals surface area contributed by atoms with Gasteiger partial charge in [0.1, 0.15) is 11.5 Å². The summed E-state index contributed by atoms with van der Waals surface area (Å²) < 4.78 is 5.42. The van der Waals surface area contributed by atoms with E-state index in [1.165, 1.54) is 23.9 Å². The zero-order valence-corrected chi connectivity index (χ0v) is 15.8. The Bertz CT molecular complexity index is 936. The lowest BCUT2D eigenvalue weighted by Gasteiger charge is -2.13. The highest BCUT2D eigenvalue weighted by atomic mass is 32.2. The summed E-state index contributed by atoms with van der Waals surface area (Å²) in [6.07, 6.45) is 1.19. The summed E-state index contributed by atoms with van der Waals surface area (Å²) in [6.45, 7) is 1.74. The molecular formula is C20H18N2O5S. The molecule has 3 N–H and O–H groups in total. The quantitative estimate of drug-likeness (QED) is 0.643. The average Bonchev–Trinajstić information content (AvgIpc) is 3.01. The summed E-state index contributed by atoms with van der Waals surface area (Å²) in [5.74, 6) is -0.656. The van der Waals surface area contributed by atoms with Gasteiger partial charge < -0.3 is 20.3 Å². The predicted molar refractivity (Wildman–Crippen MR) is 108 cm³/mol. The molecule has 0 aromatic heterocycles. The SMILES string of the molecule is CCC(Oc1ccc(/C=C2\SC(=Nc3ccc(O)cc3)NC2=O)cc1)C(=O)O. The number of aromatic hydroxyl groups is 1. The summed E-state index contributed by atoms with van der Waals surface area (Å²) in [5.41, 5.74) is 1.39. The molecule has 1 atom stereocenters. The van der Waals surface area contributed by atoms with Gasteiger partial charge in [-0.1, -0.05) is 19.1 Å². The Hall–Kier alpha value is -3.26. The first-order valence-corrected chi connectivity index (χ1v) is 9.34. The van der Waals surface area contributed by atoms with Crippen LogP contribution in [-0.4, -0.2) is 33.4 Å². The van der Waals surface area contributed by atoms with E-state index < -0.39 is 12.1 Å². The maximum atomic E-state index is 12.1. The second kappa shape index (κ2) is 8.62. The third kappa shape index (κ3) is 4.92. The number of phenols is 1. The largest absolute Gasteiger partial charge is 0.508 e. The molecular weight excluding hydrogens is 380 g/mol. The van der Waals surface area contributed by atoms with E-state index in [9.17, 15) is 14.7 Å². The smallest absolute Gasteiger partial charge is 0.344 e. The van der Waals surface area contributed by atoms with Crippen LogP contribution < -0.4 is 10.1 Å². The standard InChI is InChI=1S/C20H18N2O5S/c1-2-16(19(25)26)27-15-9-3-12(4-10-15)11-17-18(24)22-20(28-17)21-13-5-7-14(23)8-6-13/h3-11,16,23H,2H2,1H3,(H,25,26)(H,21,22,24)/b17-11-. The molecule has 0 saturated carbocycles. The van der Waals surface area contributed by atoms with Crippen LogP contribution in [0.4, 0.5) is 5.69 Å². The van der Waals surface area contributed by atoms with E-state index in [4.69, 9.17) is 9.84 Å². The van der Waals surface area contributed by atoms with E-state index in [2.05, 4.69) is 10.3 Å². The zero-order valence-electron chi connectivity index (χ0n) is 15.0. The number of nitrogens with one attached hydrogen (secondary N) is 1. The third-order valence-corrected chi connectivity index (χ3v) is 4.74. The number of hydrogen-bond acceptors (Lipinski definition) is 6. The van der Waals surface area contributed by atoms with Crippen molar-refractivity contribution in [2.24, 2.45) is 4.99 Å². The van der Waals surface area contributed by atoms with Gasteiger partial charge in [0.25, 0.3) is 5.91 Å². The van der Waals surface area contributed by atoms with Crippen molar-refractivity contribution in [3.63, 3.8) is 0 Å². The van der Waals surface area contributed by atoms with Crippen molar-refractivity contribution < 1.29 is 24.5 Å². The van der Waals surface area contributed by atoms with Gasteiger partial charge in [-0.25, -0.2) is 9.79 Å². The molecule has 8 heteroatoms. The van der Waals surface area contributed by atoms with Gasteiger partial charge in [0.15, 0.2) is 11.3 Å². The highest BCUT2D eigenvalue weighted by molar-refractivity contribution is 8.18. The van der Waals surface area contributed by atoms with Crippen LogP contribution in [0.15, 0.2) is 58.4 Å². The van der Waals surface area contributed by atoms with Crippen molar-refractivity contribution in [2.75, 3.05) is 0 Å². The summed E-state index contributed by atoms with van der Waals surface area (Å²) in [5, 5.41) is 21.5. The van der Waals surface area contributed by atoms with E-state index in [-0.39, 0.29) is 11.7 Å². The van der Waals surface area contributed by atoms with E-state index in [0.717, 1.165) is 5.56 Å². The average molecular weight is 398 g/mol. The van der Waals surface area contributed by atoms with E-state index >= 15 is 0 Å². The number of aliphatic carboxylic acids is 1. The Morgan fingerprint density at radius 1 is 1.21 bits per heavy atom. The first kappa shape index (κ1) is 19.5. The zero-order chi connectivity index (χ0) is 20.1. The lowest BCUT2D eigenvalue weighted by molar-refractivity contribution is -0.145. The van der Waals surface area contributed by atoms with Crippen LogP contribution in [0.2, 0.25) is 0 Å². The predicted octanol–water partition coefficient (Wildman–Crippen LogP) is 3.53. The van der Waals surface area contributed by atoms with Crippen LogP contribution in [0.25, 0.3) is 6.08 Å². The fourth-order valence-corrected chi connectivity index (χ4v) is 3.23. The number of carbonyl (C=O) groups excluding carboxylic acids is 1. The molecule has 7 nitrogen and oxygen atoms in total. The van der Waals surface area contributed by atoms with Crippen molar-refractivity contribution >= 4 is 40.6 Å². The van der Waals surface area contributed by atoms with Crippen molar-refractivity contribution in [1.82, 2.24) is 5.32 Å². The van der Waals surface area contributed by atoms with Crippen LogP contribution in [0.5, 0.6) is 11.5 Å². The van der Waals surface area contributed by atoms with Crippen molar-refractivity contribution in [3.05, 3.63) is 59.0 Å². The minimum Gasteiger partial charge on any atom is -0.508 e. The lowest BCUT2D eigenvalue weighted by atomic mass is 10.2. The molecule has 2 aromatic carbocycles. The highest BCUT2D eigenvalue weighted by Gasteiger charge is 2.23. The second-order valence-electron chi connectivity index (χ2n) is 5.92. The van der Waals surface area contributed by atoms with E-state index in [1.54, 1.807) is 49.4 Å². The molecule has 3 rings (SSSR count). The summed E-state index contributed by atoms with van der Waals surface area (Å²) in [6, 6.07) is 13.2. The van der Waals surface area contributed by atoms with Crippen molar-refractivity contribution in [2.45, 2.75) is 19.4 Å². The number of hydrogen-bond donors (Lipinski definition) is 3. The molecule has 1 heterocycles. The van der Waals surface area contributed by atoms with Crippen LogP contribution in [0, 0.1) is 0 Å². The molecule has 0 bridgehead atoms. The topological polar surface area (TPSA) is 108 Å². The van der Waals surface area contributed by atoms with Crippen LogP contribution in [0.1, 0.15) is 18.9 Å². The number of carbonyl (C=O) groups is 2. The maximum absolute atomic E-state index is 12.1. The van der Waals surface area contributed by atoms with Crippen molar-refractivity contribution in [3.8, 4) is 11.5 Å². The van der Waals surface area contributed by atoms with Gasteiger partial charge >= 0.3 is 5.97 Å². The number of nitrogens with zero attached hydrogens (tertiary/aromatic N) is 1. The van der Waals surface area contributed by atoms with Crippen LogP contribution >= 0.6 is 11.8 Å². The van der Waals surface area contributed by atoms with Gasteiger partial charge in [0, 0.05) is 0 Å². The summed E-state index contributed by atoms with van der Waals surface area (Å²) >= 11 is 1.21. The molecule has 144 valence electrons. The third-order valence-electron chi connectivity index (χ3n) is 3.83. The van der Waals surface area contributed by atoms with E-state index in [0.29, 0.717) is 27.9 Å². The summed E-state index contributed by atoms with van der Waals surface area (Å²) in [4.78, 5) is 28.0. The molecule has 1 aliphatic heterocycles. The Balaban J connectivity index is 1.70. The number of ether oxygens (including phenoxy) is 1. The monoisotopic (exact) mass is 398 g/mol. The second-order valence-corrected chi connectivity index (χ2v) is 6.95. The number of rotatable bonds is 6. The summed E-state index contributed by atoms with van der Waals surface area (Å²) in [7, 11) is 0. The number of amides is 1. The molecule has 1 unspecified atom stereocenters. The number of benzene rings is 2. The van der Waals surface area contributed by atoms with Gasteiger partial charge in [0.2, 0.25) is 0 Å². The number of amidine groups is 1. The normalized spacial score (nSPS) is 17.5. The molecule has 0 radical (unpaired) electrons. The maximum Gasteiger partial charge on any atom is 0.344 e. The fourth-order valence-electron chi connectivity index (χ4n) is 2.39. The Labute approximate surface area is 165 Å². The Morgan fingerprint density at radius 2 is 1.89 bits per heavy atom. The van der Waals surface area contributed by atoms with Gasteiger partial charge in [-0.3, -0.25) is 4.79 Å². The number of phenolic OH excluding ortho intramolecular Hbond substituents is 1. The molecule has 28 heavy (non-hydrogen) atoms. The Morgan fingerprint density at radius 3 is 2.50 bits per heavy atom. The molecule has 2 aromatic rings. The highest BCUT2D eigenvalue weighted by Crippen LogP contribution is 2.29. The van der Waals surface area contributed by atoms with E-state index in [1.807, 2.05) is 0 Å². The minimum absolute atomic E-state index is 0.147.